The fourth-order valence-electron chi connectivity index (χ4n) is 3.26. The molecule has 0 aliphatic carbocycles. The molecule has 1 saturated heterocycles. The van der Waals surface area contributed by atoms with E-state index in [9.17, 15) is 14.0 Å². The molecule has 1 aliphatic heterocycles. The number of piperazine rings is 1. The van der Waals surface area contributed by atoms with Crippen LogP contribution in [0, 0.1) is 12.7 Å². The summed E-state index contributed by atoms with van der Waals surface area (Å²) >= 11 is 0. The quantitative estimate of drug-likeness (QED) is 0.726. The maximum absolute atomic E-state index is 13.5. The van der Waals surface area contributed by atoms with Crippen LogP contribution in [0.15, 0.2) is 47.5 Å². The minimum atomic E-state index is -0.621. The van der Waals surface area contributed by atoms with Gasteiger partial charge in [-0.05, 0) is 42.8 Å². The molecule has 0 unspecified atom stereocenters. The predicted octanol–water partition coefficient (Wildman–Crippen LogP) is 1.64. The number of aromatic amines is 1. The Morgan fingerprint density at radius 2 is 1.83 bits per heavy atom. The van der Waals surface area contributed by atoms with Gasteiger partial charge < -0.3 is 14.8 Å². The number of carbonyl (C=O) groups excluding carboxylic acids is 1. The highest BCUT2D eigenvalue weighted by atomic mass is 19.1. The van der Waals surface area contributed by atoms with Crippen LogP contribution in [0.4, 0.5) is 10.3 Å². The lowest BCUT2D eigenvalue weighted by molar-refractivity contribution is 0.0740. The molecular formula is C20H19FN6O2. The van der Waals surface area contributed by atoms with Gasteiger partial charge in [-0.2, -0.15) is 4.98 Å². The molecular weight excluding hydrogens is 375 g/mol. The molecule has 3 heterocycles. The first kappa shape index (κ1) is 18.7. The third-order valence-corrected chi connectivity index (χ3v) is 4.83. The topological polar surface area (TPSA) is 95.1 Å². The van der Waals surface area contributed by atoms with E-state index in [1.807, 2.05) is 4.90 Å². The number of amides is 1. The summed E-state index contributed by atoms with van der Waals surface area (Å²) in [5, 5.41) is 0. The smallest absolute Gasteiger partial charge is 0.337 e. The molecule has 0 saturated carbocycles. The second kappa shape index (κ2) is 7.78. The number of carbonyl (C=O) groups is 1. The maximum Gasteiger partial charge on any atom is 0.346 e. The van der Waals surface area contributed by atoms with Crippen molar-refractivity contribution in [2.75, 3.05) is 31.1 Å². The third kappa shape index (κ3) is 3.98. The Labute approximate surface area is 166 Å². The number of aryl methyl sites for hydroxylation is 1. The van der Waals surface area contributed by atoms with Gasteiger partial charge in [0.15, 0.2) is 0 Å². The molecule has 148 valence electrons. The van der Waals surface area contributed by atoms with Crippen molar-refractivity contribution in [1.29, 1.82) is 0 Å². The molecule has 0 bridgehead atoms. The van der Waals surface area contributed by atoms with Crippen molar-refractivity contribution < 1.29 is 9.18 Å². The van der Waals surface area contributed by atoms with Crippen LogP contribution in [-0.2, 0) is 0 Å². The van der Waals surface area contributed by atoms with Gasteiger partial charge >= 0.3 is 5.69 Å². The summed E-state index contributed by atoms with van der Waals surface area (Å²) in [6.45, 7) is 3.77. The van der Waals surface area contributed by atoms with Crippen LogP contribution in [0.3, 0.4) is 0 Å². The lowest BCUT2D eigenvalue weighted by Crippen LogP contribution is -2.49. The van der Waals surface area contributed by atoms with Crippen LogP contribution < -0.4 is 10.6 Å². The first-order valence-electron chi connectivity index (χ1n) is 9.20. The van der Waals surface area contributed by atoms with Gasteiger partial charge in [-0.15, -0.1) is 0 Å². The summed E-state index contributed by atoms with van der Waals surface area (Å²) in [6.07, 6.45) is 3.36. The lowest BCUT2D eigenvalue weighted by atomic mass is 10.1. The molecule has 8 nitrogen and oxygen atoms in total. The number of anilines is 1. The van der Waals surface area contributed by atoms with Crippen LogP contribution in [0.2, 0.25) is 0 Å². The normalized spacial score (nSPS) is 14.1. The Balaban J connectivity index is 1.53. The van der Waals surface area contributed by atoms with Crippen molar-refractivity contribution >= 4 is 11.9 Å². The van der Waals surface area contributed by atoms with E-state index in [0.717, 1.165) is 0 Å². The molecule has 0 spiro atoms. The predicted molar refractivity (Wildman–Crippen MR) is 105 cm³/mol. The highest BCUT2D eigenvalue weighted by Gasteiger charge is 2.24. The molecule has 1 aromatic carbocycles. The van der Waals surface area contributed by atoms with E-state index in [2.05, 4.69) is 19.9 Å². The molecule has 1 amide bonds. The van der Waals surface area contributed by atoms with Crippen LogP contribution in [0.1, 0.15) is 16.1 Å². The highest BCUT2D eigenvalue weighted by Crippen LogP contribution is 2.20. The summed E-state index contributed by atoms with van der Waals surface area (Å²) in [4.78, 5) is 43.5. The first-order chi connectivity index (χ1) is 14.0. The van der Waals surface area contributed by atoms with Crippen LogP contribution >= 0.6 is 0 Å². The number of nitrogens with one attached hydrogen (secondary N) is 1. The van der Waals surface area contributed by atoms with Crippen LogP contribution in [0.5, 0.6) is 0 Å². The number of benzene rings is 1. The molecule has 1 aliphatic rings. The Morgan fingerprint density at radius 3 is 2.52 bits per heavy atom. The van der Waals surface area contributed by atoms with Gasteiger partial charge in [-0.3, -0.25) is 4.79 Å². The van der Waals surface area contributed by atoms with Crippen molar-refractivity contribution in [3.8, 4) is 11.3 Å². The van der Waals surface area contributed by atoms with E-state index >= 15 is 0 Å². The molecule has 0 radical (unpaired) electrons. The Kier molecular flexibility index (Phi) is 5.03. The van der Waals surface area contributed by atoms with Gasteiger partial charge in [-0.25, -0.2) is 19.2 Å². The molecule has 0 atom stereocenters. The zero-order chi connectivity index (χ0) is 20.4. The average molecular weight is 394 g/mol. The molecule has 2 aromatic heterocycles. The largest absolute Gasteiger partial charge is 0.346 e. The van der Waals surface area contributed by atoms with Gasteiger partial charge in [0.2, 0.25) is 5.95 Å². The average Bonchev–Trinajstić information content (AvgIpc) is 2.75. The van der Waals surface area contributed by atoms with E-state index in [-0.39, 0.29) is 17.4 Å². The molecule has 9 heteroatoms. The lowest BCUT2D eigenvalue weighted by Gasteiger charge is -2.34. The van der Waals surface area contributed by atoms with Crippen molar-refractivity contribution in [2.45, 2.75) is 6.92 Å². The summed E-state index contributed by atoms with van der Waals surface area (Å²) in [7, 11) is 0. The number of halogens is 1. The van der Waals surface area contributed by atoms with Crippen molar-refractivity contribution in [1.82, 2.24) is 24.8 Å². The van der Waals surface area contributed by atoms with E-state index in [0.29, 0.717) is 48.9 Å². The van der Waals surface area contributed by atoms with E-state index in [4.69, 9.17) is 0 Å². The third-order valence-electron chi connectivity index (χ3n) is 4.83. The van der Waals surface area contributed by atoms with E-state index in [1.165, 1.54) is 18.2 Å². The minimum absolute atomic E-state index is 0.159. The number of rotatable bonds is 3. The van der Waals surface area contributed by atoms with E-state index < -0.39 is 5.69 Å². The summed E-state index contributed by atoms with van der Waals surface area (Å²) < 4.78 is 13.5. The van der Waals surface area contributed by atoms with Crippen molar-refractivity contribution in [3.05, 3.63) is 70.3 Å². The SMILES string of the molecule is Cc1cc(-c2cc(C(=O)N3CCN(c4ncccn4)CC3)[nH]c(=O)n2)ccc1F. The van der Waals surface area contributed by atoms with Crippen LogP contribution in [0.25, 0.3) is 11.3 Å². The Morgan fingerprint density at radius 1 is 1.10 bits per heavy atom. The van der Waals surface area contributed by atoms with Crippen LogP contribution in [-0.4, -0.2) is 56.9 Å². The summed E-state index contributed by atoms with van der Waals surface area (Å²) in [5.41, 5.74) is 0.888. The highest BCUT2D eigenvalue weighted by molar-refractivity contribution is 5.93. The first-order valence-corrected chi connectivity index (χ1v) is 9.20. The molecule has 3 aromatic rings. The monoisotopic (exact) mass is 394 g/mol. The van der Waals surface area contributed by atoms with Gasteiger partial charge in [0.25, 0.3) is 5.91 Å². The number of H-pyrrole nitrogens is 1. The molecule has 4 rings (SSSR count). The van der Waals surface area contributed by atoms with Crippen molar-refractivity contribution in [2.24, 2.45) is 0 Å². The summed E-state index contributed by atoms with van der Waals surface area (Å²) in [5.74, 6) is 0.0132. The number of nitrogens with zero attached hydrogens (tertiary/aromatic N) is 5. The van der Waals surface area contributed by atoms with Gasteiger partial charge in [0.1, 0.15) is 11.5 Å². The number of hydrogen-bond donors (Lipinski definition) is 1. The molecule has 1 fully saturated rings. The fourth-order valence-corrected chi connectivity index (χ4v) is 3.26. The summed E-state index contributed by atoms with van der Waals surface area (Å²) in [6, 6.07) is 7.74. The zero-order valence-electron chi connectivity index (χ0n) is 15.8. The number of aromatic nitrogens is 4. The minimum Gasteiger partial charge on any atom is -0.337 e. The standard InChI is InChI=1S/C20H19FN6O2/c1-13-11-14(3-4-15(13)21)16-12-17(25-20(29)24-16)18(28)26-7-9-27(10-8-26)19-22-5-2-6-23-19/h2-6,11-12H,7-10H2,1H3,(H,24,25,29). The molecule has 1 N–H and O–H groups in total. The maximum atomic E-state index is 13.5. The van der Waals surface area contributed by atoms with E-state index in [1.54, 1.807) is 36.4 Å². The zero-order valence-corrected chi connectivity index (χ0v) is 15.8. The van der Waals surface area contributed by atoms with Gasteiger partial charge in [-0.1, -0.05) is 0 Å². The number of hydrogen-bond acceptors (Lipinski definition) is 6. The van der Waals surface area contributed by atoms with Gasteiger partial charge in [0.05, 0.1) is 5.69 Å². The Hall–Kier alpha value is -3.62. The van der Waals surface area contributed by atoms with Crippen molar-refractivity contribution in [3.63, 3.8) is 0 Å². The van der Waals surface area contributed by atoms with Gasteiger partial charge in [0, 0.05) is 44.1 Å². The fraction of sp³-hybridized carbons (Fsp3) is 0.250. The Bertz CT molecular complexity index is 1090. The molecule has 29 heavy (non-hydrogen) atoms. The second-order valence-electron chi connectivity index (χ2n) is 6.78. The second-order valence-corrected chi connectivity index (χ2v) is 6.78.